The number of halogens is 4. The van der Waals surface area contributed by atoms with Gasteiger partial charge in [0.05, 0.1) is 36.5 Å². The van der Waals surface area contributed by atoms with Crippen LogP contribution >= 0.6 is 11.6 Å². The van der Waals surface area contributed by atoms with Crippen LogP contribution in [0.4, 0.5) is 19.0 Å². The average molecular weight is 470 g/mol. The van der Waals surface area contributed by atoms with E-state index in [1.165, 1.54) is 12.1 Å². The summed E-state index contributed by atoms with van der Waals surface area (Å²) in [5.41, 5.74) is 5.86. The highest BCUT2D eigenvalue weighted by Gasteiger charge is 2.50. The minimum Gasteiger partial charge on any atom is -0.381 e. The normalized spacial score (nSPS) is 23.1. The van der Waals surface area contributed by atoms with Crippen LogP contribution in [-0.4, -0.2) is 39.5 Å². The minimum atomic E-state index is -2.92. The molecule has 3 N–H and O–H groups in total. The van der Waals surface area contributed by atoms with Crippen molar-refractivity contribution >= 4 is 23.3 Å². The number of ether oxygens (including phenoxy) is 1. The second-order valence-electron chi connectivity index (χ2n) is 8.27. The third-order valence-corrected chi connectivity index (χ3v) is 6.27. The summed E-state index contributed by atoms with van der Waals surface area (Å²) < 4.78 is 46.0. The molecule has 0 spiro atoms. The molecule has 1 aliphatic carbocycles. The van der Waals surface area contributed by atoms with Crippen LogP contribution in [0, 0.1) is 5.82 Å². The number of amides is 1. The van der Waals surface area contributed by atoms with Gasteiger partial charge in [-0.25, -0.2) is 23.1 Å². The Morgan fingerprint density at radius 1 is 1.31 bits per heavy atom. The van der Waals surface area contributed by atoms with Gasteiger partial charge in [0.25, 0.3) is 6.43 Å². The van der Waals surface area contributed by atoms with Crippen LogP contribution in [0.5, 0.6) is 0 Å². The zero-order chi connectivity index (χ0) is 23.2. The maximum atomic E-state index is 14.6. The second kappa shape index (κ2) is 8.49. The van der Waals surface area contributed by atoms with Crippen molar-refractivity contribution in [3.8, 4) is 0 Å². The maximum absolute atomic E-state index is 14.6. The number of fused-ring (bicyclic) bond motifs is 1. The van der Waals surface area contributed by atoms with E-state index in [1.54, 1.807) is 18.9 Å². The molecule has 32 heavy (non-hydrogen) atoms. The molecule has 1 amide bonds. The van der Waals surface area contributed by atoms with Crippen LogP contribution in [0.3, 0.4) is 0 Å². The third kappa shape index (κ3) is 4.02. The van der Waals surface area contributed by atoms with Crippen molar-refractivity contribution in [2.24, 2.45) is 5.73 Å². The van der Waals surface area contributed by atoms with Crippen molar-refractivity contribution in [3.63, 3.8) is 0 Å². The summed E-state index contributed by atoms with van der Waals surface area (Å²) in [6, 6.07) is 3.17. The number of anilines is 1. The smallest absolute Gasteiger partial charge is 0.266 e. The number of nitrogens with zero attached hydrogens (tertiary/aromatic N) is 3. The van der Waals surface area contributed by atoms with E-state index in [0.717, 1.165) is 6.07 Å². The van der Waals surface area contributed by atoms with Crippen molar-refractivity contribution in [1.82, 2.24) is 14.9 Å². The van der Waals surface area contributed by atoms with Gasteiger partial charge in [0.1, 0.15) is 17.2 Å². The van der Waals surface area contributed by atoms with Gasteiger partial charge in [0.15, 0.2) is 0 Å². The molecule has 2 aromatic rings. The maximum Gasteiger partial charge on any atom is 0.266 e. The predicted molar refractivity (Wildman–Crippen MR) is 112 cm³/mol. The summed E-state index contributed by atoms with van der Waals surface area (Å²) in [6.45, 7) is 2.05. The van der Waals surface area contributed by atoms with E-state index >= 15 is 0 Å². The van der Waals surface area contributed by atoms with Crippen LogP contribution in [0.25, 0.3) is 0 Å². The fourth-order valence-corrected chi connectivity index (χ4v) is 4.44. The van der Waals surface area contributed by atoms with Crippen LogP contribution in [0.15, 0.2) is 18.2 Å². The Bertz CT molecular complexity index is 1050. The van der Waals surface area contributed by atoms with E-state index in [-0.39, 0.29) is 35.9 Å². The van der Waals surface area contributed by atoms with Crippen LogP contribution in [0.2, 0.25) is 5.28 Å². The van der Waals surface area contributed by atoms with Gasteiger partial charge in [0.2, 0.25) is 11.2 Å². The summed E-state index contributed by atoms with van der Waals surface area (Å²) in [5.74, 6) is -0.868. The number of methoxy groups -OCH3 is 1. The molecule has 4 rings (SSSR count). The van der Waals surface area contributed by atoms with Gasteiger partial charge in [-0.15, -0.1) is 0 Å². The molecule has 1 aromatic heterocycles. The van der Waals surface area contributed by atoms with Gasteiger partial charge in [-0.2, -0.15) is 0 Å². The van der Waals surface area contributed by atoms with E-state index in [4.69, 9.17) is 22.1 Å². The highest BCUT2D eigenvalue weighted by molar-refractivity contribution is 6.28. The Balaban J connectivity index is 1.55. The van der Waals surface area contributed by atoms with Gasteiger partial charge in [-0.3, -0.25) is 4.79 Å². The monoisotopic (exact) mass is 469 g/mol. The van der Waals surface area contributed by atoms with E-state index in [0.29, 0.717) is 29.9 Å². The van der Waals surface area contributed by atoms with Gasteiger partial charge >= 0.3 is 0 Å². The Morgan fingerprint density at radius 3 is 2.66 bits per heavy atom. The molecule has 0 bridgehead atoms. The molecule has 1 aliphatic heterocycles. The lowest BCUT2D eigenvalue weighted by Gasteiger charge is -2.44. The highest BCUT2D eigenvalue weighted by atomic mass is 35.5. The highest BCUT2D eigenvalue weighted by Crippen LogP contribution is 2.38. The third-order valence-electron chi connectivity index (χ3n) is 6.10. The number of nitrogens with one attached hydrogen (secondary N) is 1. The quantitative estimate of drug-likeness (QED) is 0.626. The van der Waals surface area contributed by atoms with Gasteiger partial charge < -0.3 is 20.7 Å². The number of aromatic nitrogens is 2. The number of benzene rings is 1. The topological polar surface area (TPSA) is 93.4 Å². The fraction of sp³-hybridized carbons (Fsp3) is 0.476. The number of hydrogen-bond donors (Lipinski definition) is 2. The van der Waals surface area contributed by atoms with E-state index < -0.39 is 29.4 Å². The lowest BCUT2D eigenvalue weighted by Crippen LogP contribution is -2.64. The SMILES string of the molecule is COC1CC(N)(C(=O)N2Cc3nc(Cl)nc(N[C@H](C)c4cccc(C(F)F)c4F)c3C2)C1. The number of carbonyl (C=O) groups excluding carboxylic acids is 1. The van der Waals surface area contributed by atoms with Gasteiger partial charge in [-0.1, -0.05) is 18.2 Å². The molecule has 2 heterocycles. The Labute approximate surface area is 188 Å². The molecule has 1 aromatic carbocycles. The van der Waals surface area contributed by atoms with E-state index in [9.17, 15) is 18.0 Å². The van der Waals surface area contributed by atoms with E-state index in [2.05, 4.69) is 15.3 Å². The zero-order valence-corrected chi connectivity index (χ0v) is 18.3. The lowest BCUT2D eigenvalue weighted by molar-refractivity contribution is -0.147. The molecular weight excluding hydrogens is 447 g/mol. The van der Waals surface area contributed by atoms with Crippen LogP contribution in [0.1, 0.15) is 54.6 Å². The standard InChI is InChI=1S/C21H23ClF3N5O2/c1-10(12-4-3-5-13(16(12)23)17(24)25)27-18-14-8-30(9-15(14)28-20(22)29-18)19(31)21(26)6-11(7-21)32-2/h3-5,10-11,17H,6-9,26H2,1-2H3,(H,27,28,29)/t10-,11?,21?/m1/s1. The Hall–Kier alpha value is -2.43. The first kappa shape index (κ1) is 22.8. The molecule has 2 aliphatic rings. The molecule has 1 fully saturated rings. The number of carbonyl (C=O) groups is 1. The van der Waals surface area contributed by atoms with Gasteiger partial charge in [0, 0.05) is 31.1 Å². The molecule has 1 atom stereocenters. The van der Waals surface area contributed by atoms with Crippen molar-refractivity contribution in [1.29, 1.82) is 0 Å². The summed E-state index contributed by atoms with van der Waals surface area (Å²) in [4.78, 5) is 23.0. The molecule has 0 saturated heterocycles. The Kier molecular flexibility index (Phi) is 6.04. The largest absolute Gasteiger partial charge is 0.381 e. The molecule has 172 valence electrons. The van der Waals surface area contributed by atoms with Crippen LogP contribution in [-0.2, 0) is 22.6 Å². The molecule has 11 heteroatoms. The average Bonchev–Trinajstić information content (AvgIpc) is 3.14. The first-order valence-electron chi connectivity index (χ1n) is 10.1. The molecule has 0 unspecified atom stereocenters. The molecular formula is C21H23ClF3N5O2. The Morgan fingerprint density at radius 2 is 2.00 bits per heavy atom. The predicted octanol–water partition coefficient (Wildman–Crippen LogP) is 3.73. The van der Waals surface area contributed by atoms with Gasteiger partial charge in [-0.05, 0) is 18.5 Å². The lowest BCUT2D eigenvalue weighted by atomic mass is 9.74. The molecule has 1 saturated carbocycles. The summed E-state index contributed by atoms with van der Waals surface area (Å²) >= 11 is 6.07. The van der Waals surface area contributed by atoms with Crippen molar-refractivity contribution in [2.75, 3.05) is 12.4 Å². The summed E-state index contributed by atoms with van der Waals surface area (Å²) in [5, 5.41) is 3.00. The number of rotatable bonds is 6. The first-order chi connectivity index (χ1) is 15.1. The second-order valence-corrected chi connectivity index (χ2v) is 8.61. The number of alkyl halides is 2. The minimum absolute atomic E-state index is 0.0415. The number of hydrogen-bond acceptors (Lipinski definition) is 6. The molecule has 0 radical (unpaired) electrons. The van der Waals surface area contributed by atoms with E-state index in [1.807, 2.05) is 0 Å². The van der Waals surface area contributed by atoms with Crippen LogP contribution < -0.4 is 11.1 Å². The number of nitrogens with two attached hydrogens (primary N) is 1. The first-order valence-corrected chi connectivity index (χ1v) is 10.5. The fourth-order valence-electron chi connectivity index (χ4n) is 4.25. The van der Waals surface area contributed by atoms with Crippen molar-refractivity contribution in [3.05, 3.63) is 51.7 Å². The summed E-state index contributed by atoms with van der Waals surface area (Å²) in [7, 11) is 1.58. The zero-order valence-electron chi connectivity index (χ0n) is 17.5. The van der Waals surface area contributed by atoms with Crippen molar-refractivity contribution < 1.29 is 22.7 Å². The summed E-state index contributed by atoms with van der Waals surface area (Å²) in [6.07, 6.45) is -2.10. The van der Waals surface area contributed by atoms with Crippen molar-refractivity contribution in [2.45, 2.75) is 57.0 Å². The molecule has 7 nitrogen and oxygen atoms in total.